The number of rotatable bonds is 4. The fourth-order valence-corrected chi connectivity index (χ4v) is 2.57. The summed E-state index contributed by atoms with van der Waals surface area (Å²) >= 11 is 0. The van der Waals surface area contributed by atoms with Crippen LogP contribution in [0.2, 0.25) is 0 Å². The summed E-state index contributed by atoms with van der Waals surface area (Å²) < 4.78 is 0. The molecule has 0 aliphatic rings. The van der Waals surface area contributed by atoms with Gasteiger partial charge in [-0.15, -0.1) is 0 Å². The molecule has 3 rings (SSSR count). The van der Waals surface area contributed by atoms with E-state index in [0.29, 0.717) is 0 Å². The molecule has 0 fully saturated rings. The van der Waals surface area contributed by atoms with Gasteiger partial charge in [-0.25, -0.2) is 0 Å². The highest BCUT2D eigenvalue weighted by molar-refractivity contribution is 5.78. The van der Waals surface area contributed by atoms with Crippen LogP contribution in [-0.4, -0.2) is 4.98 Å². The molecule has 0 spiro atoms. The Bertz CT molecular complexity index is 732. The maximum Gasteiger partial charge on any atom is 0.0705 e. The lowest BCUT2D eigenvalue weighted by Gasteiger charge is -2.12. The van der Waals surface area contributed by atoms with Crippen LogP contribution >= 0.6 is 0 Å². The van der Waals surface area contributed by atoms with E-state index in [1.54, 1.807) is 0 Å². The maximum absolute atomic E-state index is 6.32. The van der Waals surface area contributed by atoms with Gasteiger partial charge in [0.2, 0.25) is 0 Å². The van der Waals surface area contributed by atoms with Crippen molar-refractivity contribution in [1.82, 2.24) is 4.98 Å². The van der Waals surface area contributed by atoms with E-state index in [0.717, 1.165) is 24.1 Å². The fourth-order valence-electron chi connectivity index (χ4n) is 2.57. The van der Waals surface area contributed by atoms with Gasteiger partial charge in [-0.2, -0.15) is 0 Å². The number of nitrogens with zero attached hydrogens (tertiary/aromatic N) is 1. The molecule has 2 aromatic carbocycles. The molecule has 0 radical (unpaired) electrons. The number of aryl methyl sites for hydroxylation is 1. The van der Waals surface area contributed by atoms with Crippen molar-refractivity contribution < 1.29 is 0 Å². The topological polar surface area (TPSA) is 38.9 Å². The monoisotopic (exact) mass is 276 g/mol. The van der Waals surface area contributed by atoms with E-state index in [-0.39, 0.29) is 6.04 Å². The highest BCUT2D eigenvalue weighted by atomic mass is 14.7. The Hall–Kier alpha value is -2.19. The minimum atomic E-state index is -0.00966. The number of fused-ring (bicyclic) bond motifs is 1. The summed E-state index contributed by atoms with van der Waals surface area (Å²) in [5, 5.41) is 1.17. The lowest BCUT2D eigenvalue weighted by molar-refractivity contribution is 0.708. The number of para-hydroxylation sites is 1. The summed E-state index contributed by atoms with van der Waals surface area (Å²) in [5.74, 6) is 0. The Labute approximate surface area is 125 Å². The van der Waals surface area contributed by atoms with Gasteiger partial charge in [-0.05, 0) is 29.7 Å². The molecule has 0 aliphatic carbocycles. The molecule has 0 saturated carbocycles. The van der Waals surface area contributed by atoms with E-state index in [1.807, 2.05) is 18.2 Å². The first kappa shape index (κ1) is 13.8. The van der Waals surface area contributed by atoms with Crippen LogP contribution in [0.4, 0.5) is 0 Å². The van der Waals surface area contributed by atoms with Gasteiger partial charge in [0.15, 0.2) is 0 Å². The molecule has 1 unspecified atom stereocenters. The number of benzene rings is 2. The SMILES string of the molecule is CCc1ccc(C(N)Cc2ccc3ccccc3n2)cc1. The number of aromatic nitrogens is 1. The third kappa shape index (κ3) is 3.11. The zero-order valence-corrected chi connectivity index (χ0v) is 12.3. The van der Waals surface area contributed by atoms with Gasteiger partial charge in [0.1, 0.15) is 0 Å². The lowest BCUT2D eigenvalue weighted by Crippen LogP contribution is -2.14. The fraction of sp³-hybridized carbons (Fsp3) is 0.211. The van der Waals surface area contributed by atoms with Crippen molar-refractivity contribution in [3.63, 3.8) is 0 Å². The molecule has 3 aromatic rings. The van der Waals surface area contributed by atoms with Crippen molar-refractivity contribution in [3.8, 4) is 0 Å². The molecule has 2 heteroatoms. The van der Waals surface area contributed by atoms with Crippen molar-refractivity contribution in [2.45, 2.75) is 25.8 Å². The van der Waals surface area contributed by atoms with Gasteiger partial charge in [-0.1, -0.05) is 55.5 Å². The van der Waals surface area contributed by atoms with Gasteiger partial charge in [0.05, 0.1) is 5.52 Å². The molecular weight excluding hydrogens is 256 g/mol. The average Bonchev–Trinajstić information content (AvgIpc) is 2.55. The molecule has 0 amide bonds. The predicted molar refractivity (Wildman–Crippen MR) is 88.2 cm³/mol. The Kier molecular flexibility index (Phi) is 3.98. The van der Waals surface area contributed by atoms with E-state index >= 15 is 0 Å². The normalized spacial score (nSPS) is 12.5. The summed E-state index contributed by atoms with van der Waals surface area (Å²) in [7, 11) is 0. The van der Waals surface area contributed by atoms with E-state index in [4.69, 9.17) is 10.7 Å². The second kappa shape index (κ2) is 6.06. The van der Waals surface area contributed by atoms with Crippen LogP contribution in [-0.2, 0) is 12.8 Å². The number of hydrogen-bond donors (Lipinski definition) is 1. The van der Waals surface area contributed by atoms with E-state index < -0.39 is 0 Å². The second-order valence-electron chi connectivity index (χ2n) is 5.40. The smallest absolute Gasteiger partial charge is 0.0705 e. The third-order valence-corrected chi connectivity index (χ3v) is 3.90. The molecule has 0 saturated heterocycles. The van der Waals surface area contributed by atoms with Gasteiger partial charge >= 0.3 is 0 Å². The number of pyridine rings is 1. The highest BCUT2D eigenvalue weighted by Gasteiger charge is 2.08. The summed E-state index contributed by atoms with van der Waals surface area (Å²) in [5.41, 5.74) is 10.9. The van der Waals surface area contributed by atoms with Gasteiger partial charge in [0.25, 0.3) is 0 Å². The first-order valence-corrected chi connectivity index (χ1v) is 7.45. The van der Waals surface area contributed by atoms with Crippen LogP contribution < -0.4 is 5.73 Å². The molecule has 2 nitrogen and oxygen atoms in total. The van der Waals surface area contributed by atoms with Crippen molar-refractivity contribution in [2.75, 3.05) is 0 Å². The molecule has 106 valence electrons. The maximum atomic E-state index is 6.32. The van der Waals surface area contributed by atoms with Crippen LogP contribution in [0.25, 0.3) is 10.9 Å². The van der Waals surface area contributed by atoms with Gasteiger partial charge < -0.3 is 5.73 Å². The summed E-state index contributed by atoms with van der Waals surface area (Å²) in [6.45, 7) is 2.16. The van der Waals surface area contributed by atoms with E-state index in [2.05, 4.69) is 49.4 Å². The van der Waals surface area contributed by atoms with E-state index in [9.17, 15) is 0 Å². The number of nitrogens with two attached hydrogens (primary N) is 1. The Morgan fingerprint density at radius 1 is 0.952 bits per heavy atom. The minimum absolute atomic E-state index is 0.00966. The predicted octanol–water partition coefficient (Wildman–Crippen LogP) is 4.04. The Balaban J connectivity index is 1.79. The van der Waals surface area contributed by atoms with Crippen LogP contribution in [0.5, 0.6) is 0 Å². The van der Waals surface area contributed by atoms with Crippen LogP contribution in [0.15, 0.2) is 60.7 Å². The average molecular weight is 276 g/mol. The van der Waals surface area contributed by atoms with Crippen LogP contribution in [0.1, 0.15) is 29.8 Å². The van der Waals surface area contributed by atoms with Gasteiger partial charge in [0, 0.05) is 23.5 Å². The van der Waals surface area contributed by atoms with Crippen molar-refractivity contribution >= 4 is 10.9 Å². The largest absolute Gasteiger partial charge is 0.324 e. The lowest BCUT2D eigenvalue weighted by atomic mass is 10.0. The molecule has 1 aromatic heterocycles. The van der Waals surface area contributed by atoms with Gasteiger partial charge in [-0.3, -0.25) is 4.98 Å². The molecule has 0 aliphatic heterocycles. The molecule has 0 bridgehead atoms. The van der Waals surface area contributed by atoms with E-state index in [1.165, 1.54) is 16.5 Å². The summed E-state index contributed by atoms with van der Waals surface area (Å²) in [4.78, 5) is 4.69. The van der Waals surface area contributed by atoms with Crippen molar-refractivity contribution in [3.05, 3.63) is 77.5 Å². The Morgan fingerprint density at radius 3 is 2.48 bits per heavy atom. The minimum Gasteiger partial charge on any atom is -0.324 e. The first-order valence-electron chi connectivity index (χ1n) is 7.45. The van der Waals surface area contributed by atoms with Crippen molar-refractivity contribution in [2.24, 2.45) is 5.73 Å². The second-order valence-corrected chi connectivity index (χ2v) is 5.40. The van der Waals surface area contributed by atoms with Crippen molar-refractivity contribution in [1.29, 1.82) is 0 Å². The Morgan fingerprint density at radius 2 is 1.71 bits per heavy atom. The molecule has 21 heavy (non-hydrogen) atoms. The quantitative estimate of drug-likeness (QED) is 0.781. The zero-order valence-electron chi connectivity index (χ0n) is 12.3. The number of hydrogen-bond acceptors (Lipinski definition) is 2. The zero-order chi connectivity index (χ0) is 14.7. The molecular formula is C19H20N2. The highest BCUT2D eigenvalue weighted by Crippen LogP contribution is 2.18. The summed E-state index contributed by atoms with van der Waals surface area (Å²) in [6.07, 6.45) is 1.82. The third-order valence-electron chi connectivity index (χ3n) is 3.90. The standard InChI is InChI=1S/C19H20N2/c1-2-14-7-9-15(10-8-14)18(20)13-17-12-11-16-5-3-4-6-19(16)21-17/h3-12,18H,2,13,20H2,1H3. The van der Waals surface area contributed by atoms with Crippen LogP contribution in [0.3, 0.4) is 0 Å². The summed E-state index contributed by atoms with van der Waals surface area (Å²) in [6, 6.07) is 20.9. The molecule has 2 N–H and O–H groups in total. The first-order chi connectivity index (χ1) is 10.3. The molecule has 1 atom stereocenters. The van der Waals surface area contributed by atoms with Crippen LogP contribution in [0, 0.1) is 0 Å². The molecule has 1 heterocycles.